The summed E-state index contributed by atoms with van der Waals surface area (Å²) in [5.74, 6) is 1.09. The summed E-state index contributed by atoms with van der Waals surface area (Å²) in [6, 6.07) is 9.31. The lowest BCUT2D eigenvalue weighted by molar-refractivity contribution is 0.0185. The fourth-order valence-electron chi connectivity index (χ4n) is 4.91. The molecule has 2 heterocycles. The van der Waals surface area contributed by atoms with Crippen LogP contribution in [0.5, 0.6) is 0 Å². The Morgan fingerprint density at radius 1 is 1.13 bits per heavy atom. The molecule has 38 heavy (non-hydrogen) atoms. The Bertz CT molecular complexity index is 1110. The number of hydrogen-bond acceptors (Lipinski definition) is 7. The van der Waals surface area contributed by atoms with E-state index in [2.05, 4.69) is 26.2 Å². The number of aromatic nitrogens is 2. The van der Waals surface area contributed by atoms with Gasteiger partial charge in [0.1, 0.15) is 11.4 Å². The van der Waals surface area contributed by atoms with E-state index in [9.17, 15) is 14.7 Å². The highest BCUT2D eigenvalue weighted by molar-refractivity contribution is 9.10. The predicted molar refractivity (Wildman–Crippen MR) is 150 cm³/mol. The average molecular weight is 589 g/mol. The number of aliphatic hydroxyl groups excluding tert-OH is 1. The zero-order valence-electron chi connectivity index (χ0n) is 22.4. The van der Waals surface area contributed by atoms with Crippen molar-refractivity contribution in [2.24, 2.45) is 5.92 Å². The van der Waals surface area contributed by atoms with Gasteiger partial charge in [-0.1, -0.05) is 22.0 Å². The van der Waals surface area contributed by atoms with Crippen molar-refractivity contribution in [3.63, 3.8) is 0 Å². The van der Waals surface area contributed by atoms with Gasteiger partial charge < -0.3 is 20.1 Å². The Hall–Kier alpha value is -2.72. The fraction of sp³-hybridized carbons (Fsp3) is 0.571. The molecule has 0 spiro atoms. The molecule has 1 saturated heterocycles. The van der Waals surface area contributed by atoms with Crippen molar-refractivity contribution in [3.8, 4) is 0 Å². The van der Waals surface area contributed by atoms with E-state index in [0.717, 1.165) is 43.0 Å². The first-order valence-corrected chi connectivity index (χ1v) is 14.2. The Morgan fingerprint density at radius 2 is 1.84 bits per heavy atom. The number of piperidine rings is 1. The van der Waals surface area contributed by atoms with E-state index in [1.807, 2.05) is 39.0 Å². The van der Waals surface area contributed by atoms with Gasteiger partial charge in [0.15, 0.2) is 0 Å². The Labute approximate surface area is 233 Å². The van der Waals surface area contributed by atoms with E-state index in [1.165, 1.54) is 0 Å². The molecule has 10 heteroatoms. The first-order valence-electron chi connectivity index (χ1n) is 13.4. The molecule has 2 aromatic rings. The maximum atomic E-state index is 13.7. The molecule has 9 nitrogen and oxygen atoms in total. The van der Waals surface area contributed by atoms with Gasteiger partial charge in [-0.25, -0.2) is 9.78 Å². The summed E-state index contributed by atoms with van der Waals surface area (Å²) in [5, 5.41) is 13.2. The highest BCUT2D eigenvalue weighted by Gasteiger charge is 2.30. The summed E-state index contributed by atoms with van der Waals surface area (Å²) in [7, 11) is 0. The third kappa shape index (κ3) is 7.89. The van der Waals surface area contributed by atoms with Gasteiger partial charge in [-0.2, -0.15) is 4.98 Å². The van der Waals surface area contributed by atoms with Crippen LogP contribution in [0.15, 0.2) is 41.0 Å². The number of likely N-dealkylation sites (tertiary alicyclic amines) is 1. The van der Waals surface area contributed by atoms with E-state index < -0.39 is 5.60 Å². The van der Waals surface area contributed by atoms with Crippen LogP contribution >= 0.6 is 15.9 Å². The van der Waals surface area contributed by atoms with Gasteiger partial charge in [-0.15, -0.1) is 0 Å². The highest BCUT2D eigenvalue weighted by atomic mass is 79.9. The number of benzene rings is 1. The molecule has 0 bridgehead atoms. The van der Waals surface area contributed by atoms with Crippen LogP contribution in [0, 0.1) is 5.92 Å². The molecule has 0 unspecified atom stereocenters. The molecule has 1 aromatic heterocycles. The number of ether oxygens (including phenoxy) is 1. The number of anilines is 2. The minimum absolute atomic E-state index is 0.133. The topological polar surface area (TPSA) is 108 Å². The Morgan fingerprint density at radius 3 is 2.50 bits per heavy atom. The van der Waals surface area contributed by atoms with E-state index in [0.29, 0.717) is 37.0 Å². The van der Waals surface area contributed by atoms with E-state index in [-0.39, 0.29) is 30.1 Å². The monoisotopic (exact) mass is 587 g/mol. The predicted octanol–water partition coefficient (Wildman–Crippen LogP) is 5.25. The Balaban J connectivity index is 1.49. The number of aliphatic hydroxyl groups is 1. The van der Waals surface area contributed by atoms with Crippen molar-refractivity contribution in [3.05, 3.63) is 46.6 Å². The highest BCUT2D eigenvalue weighted by Crippen LogP contribution is 2.26. The number of rotatable bonds is 6. The van der Waals surface area contributed by atoms with Crippen molar-refractivity contribution in [2.45, 2.75) is 77.0 Å². The first-order chi connectivity index (χ1) is 18.1. The van der Waals surface area contributed by atoms with E-state index in [1.54, 1.807) is 28.1 Å². The van der Waals surface area contributed by atoms with Crippen LogP contribution in [0.4, 0.5) is 16.6 Å². The molecule has 2 N–H and O–H groups in total. The van der Waals surface area contributed by atoms with Crippen LogP contribution in [-0.4, -0.2) is 69.4 Å². The third-order valence-electron chi connectivity index (χ3n) is 6.97. The maximum absolute atomic E-state index is 13.7. The van der Waals surface area contributed by atoms with Gasteiger partial charge in [0.05, 0.1) is 6.10 Å². The summed E-state index contributed by atoms with van der Waals surface area (Å²) >= 11 is 3.47. The smallest absolute Gasteiger partial charge is 0.410 e. The van der Waals surface area contributed by atoms with Gasteiger partial charge in [-0.05, 0) is 89.5 Å². The van der Waals surface area contributed by atoms with Gasteiger partial charge in [0, 0.05) is 41.9 Å². The molecule has 206 valence electrons. The van der Waals surface area contributed by atoms with Gasteiger partial charge in [0.2, 0.25) is 5.95 Å². The second-order valence-corrected chi connectivity index (χ2v) is 12.1. The van der Waals surface area contributed by atoms with Crippen LogP contribution in [0.25, 0.3) is 0 Å². The molecule has 1 aliphatic carbocycles. The summed E-state index contributed by atoms with van der Waals surface area (Å²) in [4.78, 5) is 38.9. The number of hydrogen-bond donors (Lipinski definition) is 2. The Kier molecular flexibility index (Phi) is 9.25. The van der Waals surface area contributed by atoms with Crippen LogP contribution in [0.2, 0.25) is 0 Å². The summed E-state index contributed by atoms with van der Waals surface area (Å²) in [6.07, 6.45) is 5.90. The molecule has 1 aliphatic heterocycles. The molecule has 4 rings (SSSR count). The van der Waals surface area contributed by atoms with Crippen molar-refractivity contribution in [2.75, 3.05) is 29.9 Å². The zero-order chi connectivity index (χ0) is 27.3. The van der Waals surface area contributed by atoms with Crippen molar-refractivity contribution >= 4 is 39.7 Å². The van der Waals surface area contributed by atoms with Gasteiger partial charge in [0.25, 0.3) is 5.91 Å². The number of halogens is 1. The lowest BCUT2D eigenvalue weighted by atomic mass is 9.93. The lowest BCUT2D eigenvalue weighted by Gasteiger charge is -2.35. The zero-order valence-corrected chi connectivity index (χ0v) is 24.0. The fourth-order valence-corrected chi connectivity index (χ4v) is 5.31. The molecular weight excluding hydrogens is 550 g/mol. The van der Waals surface area contributed by atoms with Crippen molar-refractivity contribution in [1.82, 2.24) is 14.9 Å². The van der Waals surface area contributed by atoms with Crippen LogP contribution in [0.1, 0.15) is 69.7 Å². The molecule has 0 radical (unpaired) electrons. The molecule has 1 aromatic carbocycles. The van der Waals surface area contributed by atoms with Crippen molar-refractivity contribution in [1.29, 1.82) is 0 Å². The quantitative estimate of drug-likeness (QED) is 0.475. The second kappa shape index (κ2) is 12.4. The normalized spacial score (nSPS) is 20.6. The SMILES string of the molecule is CC(C)(C)OC(=O)N1CCC(CN(C(=O)c2cccc(Br)c2)c2ccnc(NC3CCC(O)CC3)n2)CC1. The minimum Gasteiger partial charge on any atom is -0.444 e. The van der Waals surface area contributed by atoms with Crippen molar-refractivity contribution < 1.29 is 19.4 Å². The van der Waals surface area contributed by atoms with E-state index in [4.69, 9.17) is 9.72 Å². The summed E-state index contributed by atoms with van der Waals surface area (Å²) in [5.41, 5.74) is 0.0389. The van der Waals surface area contributed by atoms with Crippen LogP contribution < -0.4 is 10.2 Å². The number of carbonyl (C=O) groups excluding carboxylic acids is 2. The van der Waals surface area contributed by atoms with Crippen LogP contribution in [-0.2, 0) is 4.74 Å². The largest absolute Gasteiger partial charge is 0.444 e. The van der Waals surface area contributed by atoms with E-state index >= 15 is 0 Å². The summed E-state index contributed by atoms with van der Waals surface area (Å²) < 4.78 is 6.36. The molecule has 2 aliphatic rings. The maximum Gasteiger partial charge on any atom is 0.410 e. The average Bonchev–Trinajstić information content (AvgIpc) is 2.88. The molecular formula is C28H38BrN5O4. The minimum atomic E-state index is -0.530. The molecule has 0 atom stereocenters. The molecule has 2 amide bonds. The molecule has 1 saturated carbocycles. The third-order valence-corrected chi connectivity index (χ3v) is 7.46. The van der Waals surface area contributed by atoms with Crippen LogP contribution in [0.3, 0.4) is 0 Å². The lowest BCUT2D eigenvalue weighted by Crippen LogP contribution is -2.45. The number of amides is 2. The summed E-state index contributed by atoms with van der Waals surface area (Å²) in [6.45, 7) is 7.26. The number of nitrogens with zero attached hydrogens (tertiary/aromatic N) is 4. The number of nitrogens with one attached hydrogen (secondary N) is 1. The second-order valence-electron chi connectivity index (χ2n) is 11.2. The standard InChI is InChI=1S/C28H38BrN5O4/c1-28(2,3)38-27(37)33-15-12-19(13-16-33)18-34(25(36)20-5-4-6-21(29)17-20)24-11-14-30-26(32-24)31-22-7-9-23(35)10-8-22/h4-6,11,14,17,19,22-23,35H,7-10,12-13,15-16,18H2,1-3H3,(H,30,31,32). The van der Waals surface area contributed by atoms with Gasteiger partial charge in [-0.3, -0.25) is 9.69 Å². The number of carbonyl (C=O) groups is 2. The van der Waals surface area contributed by atoms with Gasteiger partial charge >= 0.3 is 6.09 Å². The molecule has 2 fully saturated rings. The first kappa shape index (κ1) is 28.3.